The largest absolute Gasteiger partial charge is 0.380 e. The van der Waals surface area contributed by atoms with Crippen LogP contribution in [0.4, 0.5) is 0 Å². The summed E-state index contributed by atoms with van der Waals surface area (Å²) in [5.41, 5.74) is 8.50. The number of nitrogens with zero attached hydrogens (tertiary/aromatic N) is 2. The highest BCUT2D eigenvalue weighted by atomic mass is 16.5. The Morgan fingerprint density at radius 1 is 1.24 bits per heavy atom. The normalized spacial score (nSPS) is 17.5. The highest BCUT2D eigenvalue weighted by Crippen LogP contribution is 2.19. The monoisotopic (exact) mass is 291 g/mol. The van der Waals surface area contributed by atoms with E-state index in [0.717, 1.165) is 13.1 Å². The lowest BCUT2D eigenvalue weighted by Crippen LogP contribution is -2.36. The van der Waals surface area contributed by atoms with Crippen molar-refractivity contribution in [3.8, 4) is 0 Å². The first kappa shape index (κ1) is 16.4. The summed E-state index contributed by atoms with van der Waals surface area (Å²) in [6.07, 6.45) is 2.70. The van der Waals surface area contributed by atoms with E-state index in [1.54, 1.807) is 7.11 Å². The van der Waals surface area contributed by atoms with Gasteiger partial charge in [-0.2, -0.15) is 0 Å². The molecule has 118 valence electrons. The number of nitrogens with two attached hydrogens (primary N) is 1. The van der Waals surface area contributed by atoms with Gasteiger partial charge in [-0.1, -0.05) is 24.3 Å². The van der Waals surface area contributed by atoms with Crippen molar-refractivity contribution in [2.45, 2.75) is 25.5 Å². The third-order valence-electron chi connectivity index (χ3n) is 4.40. The van der Waals surface area contributed by atoms with Crippen molar-refractivity contribution >= 4 is 0 Å². The third-order valence-corrected chi connectivity index (χ3v) is 4.40. The Labute approximate surface area is 128 Å². The number of likely N-dealkylation sites (tertiary alicyclic amines) is 1. The number of rotatable bonds is 8. The molecule has 2 N–H and O–H groups in total. The first-order valence-electron chi connectivity index (χ1n) is 7.95. The van der Waals surface area contributed by atoms with Gasteiger partial charge in [-0.3, -0.25) is 4.90 Å². The molecule has 4 heteroatoms. The number of ether oxygens (including phenoxy) is 1. The maximum absolute atomic E-state index is 6.01. The molecule has 0 aromatic heterocycles. The number of hydrogen-bond acceptors (Lipinski definition) is 4. The fourth-order valence-electron chi connectivity index (χ4n) is 3.03. The minimum Gasteiger partial charge on any atom is -0.380 e. The zero-order valence-corrected chi connectivity index (χ0v) is 13.4. The molecule has 0 saturated carbocycles. The second kappa shape index (κ2) is 8.49. The minimum atomic E-state index is 0.296. The molecule has 1 unspecified atom stereocenters. The van der Waals surface area contributed by atoms with Gasteiger partial charge in [0.05, 0.1) is 6.61 Å². The van der Waals surface area contributed by atoms with E-state index in [1.165, 1.54) is 37.1 Å². The van der Waals surface area contributed by atoms with Crippen molar-refractivity contribution < 1.29 is 4.74 Å². The fraction of sp³-hybridized carbons (Fsp3) is 0.647. The van der Waals surface area contributed by atoms with Crippen LogP contribution in [0, 0.1) is 0 Å². The van der Waals surface area contributed by atoms with Crippen molar-refractivity contribution in [2.24, 2.45) is 5.73 Å². The van der Waals surface area contributed by atoms with Crippen LogP contribution in [0.1, 0.15) is 30.0 Å². The molecule has 0 bridgehead atoms. The quantitative estimate of drug-likeness (QED) is 0.794. The van der Waals surface area contributed by atoms with Crippen molar-refractivity contribution in [3.63, 3.8) is 0 Å². The van der Waals surface area contributed by atoms with Gasteiger partial charge >= 0.3 is 0 Å². The van der Waals surface area contributed by atoms with Gasteiger partial charge in [0.15, 0.2) is 0 Å². The van der Waals surface area contributed by atoms with Crippen LogP contribution in [0.2, 0.25) is 0 Å². The van der Waals surface area contributed by atoms with Gasteiger partial charge in [0.25, 0.3) is 0 Å². The topological polar surface area (TPSA) is 41.7 Å². The molecule has 4 nitrogen and oxygen atoms in total. The van der Waals surface area contributed by atoms with Crippen LogP contribution in [-0.2, 0) is 11.3 Å². The minimum absolute atomic E-state index is 0.296. The van der Waals surface area contributed by atoms with Crippen molar-refractivity contribution in [1.29, 1.82) is 0 Å². The summed E-state index contributed by atoms with van der Waals surface area (Å²) in [4.78, 5) is 4.93. The summed E-state index contributed by atoms with van der Waals surface area (Å²) in [5, 5.41) is 0. The molecule has 21 heavy (non-hydrogen) atoms. The smallest absolute Gasteiger partial charge is 0.0713 e. The fourth-order valence-corrected chi connectivity index (χ4v) is 3.03. The summed E-state index contributed by atoms with van der Waals surface area (Å²) in [6, 6.07) is 8.92. The van der Waals surface area contributed by atoms with E-state index in [9.17, 15) is 0 Å². The lowest BCUT2D eigenvalue weighted by atomic mass is 10.0. The Balaban J connectivity index is 1.90. The number of likely N-dealkylation sites (N-methyl/N-ethyl adjacent to an activating group) is 1. The number of methoxy groups -OCH3 is 1. The molecule has 0 radical (unpaired) electrons. The molecule has 0 spiro atoms. The van der Waals surface area contributed by atoms with Crippen LogP contribution in [0.25, 0.3) is 0 Å². The van der Waals surface area contributed by atoms with Gasteiger partial charge in [-0.15, -0.1) is 0 Å². The first-order chi connectivity index (χ1) is 10.2. The predicted molar refractivity (Wildman–Crippen MR) is 87.3 cm³/mol. The van der Waals surface area contributed by atoms with Crippen molar-refractivity contribution in [3.05, 3.63) is 35.4 Å². The SMILES string of the molecule is COCc1ccc(C(CN)N(C)CCN2CCCC2)cc1. The van der Waals surface area contributed by atoms with E-state index in [1.807, 2.05) is 0 Å². The van der Waals surface area contributed by atoms with Crippen molar-refractivity contribution in [2.75, 3.05) is 46.9 Å². The average molecular weight is 291 g/mol. The number of hydrogen-bond donors (Lipinski definition) is 1. The molecule has 1 aromatic rings. The zero-order chi connectivity index (χ0) is 15.1. The van der Waals surface area contributed by atoms with Crippen LogP contribution < -0.4 is 5.73 Å². The van der Waals surface area contributed by atoms with Crippen LogP contribution in [-0.4, -0.2) is 56.7 Å². The summed E-state index contributed by atoms with van der Waals surface area (Å²) < 4.78 is 5.16. The molecule has 1 heterocycles. The van der Waals surface area contributed by atoms with Crippen LogP contribution >= 0.6 is 0 Å². The van der Waals surface area contributed by atoms with E-state index in [4.69, 9.17) is 10.5 Å². The summed E-state index contributed by atoms with van der Waals surface area (Å²) in [6.45, 7) is 6.05. The Kier molecular flexibility index (Phi) is 6.64. The third kappa shape index (κ3) is 4.78. The molecule has 0 aliphatic carbocycles. The highest BCUT2D eigenvalue weighted by molar-refractivity contribution is 5.25. The Hall–Kier alpha value is -0.940. The maximum Gasteiger partial charge on any atom is 0.0713 e. The molecule has 1 aliphatic heterocycles. The first-order valence-corrected chi connectivity index (χ1v) is 7.95. The summed E-state index contributed by atoms with van der Waals surface area (Å²) >= 11 is 0. The molecular weight excluding hydrogens is 262 g/mol. The summed E-state index contributed by atoms with van der Waals surface area (Å²) in [7, 11) is 3.90. The van der Waals surface area contributed by atoms with Gasteiger partial charge < -0.3 is 15.4 Å². The van der Waals surface area contributed by atoms with Gasteiger partial charge in [-0.05, 0) is 44.1 Å². The maximum atomic E-state index is 6.01. The van der Waals surface area contributed by atoms with E-state index >= 15 is 0 Å². The zero-order valence-electron chi connectivity index (χ0n) is 13.4. The van der Waals surface area contributed by atoms with Crippen LogP contribution in [0.15, 0.2) is 24.3 Å². The molecule has 1 atom stereocenters. The average Bonchev–Trinajstić information content (AvgIpc) is 3.01. The summed E-state index contributed by atoms with van der Waals surface area (Å²) in [5.74, 6) is 0. The lowest BCUT2D eigenvalue weighted by molar-refractivity contribution is 0.184. The molecule has 1 aromatic carbocycles. The van der Waals surface area contributed by atoms with E-state index in [0.29, 0.717) is 19.2 Å². The number of benzene rings is 1. The van der Waals surface area contributed by atoms with Crippen LogP contribution in [0.3, 0.4) is 0 Å². The highest BCUT2D eigenvalue weighted by Gasteiger charge is 2.17. The second-order valence-electron chi connectivity index (χ2n) is 5.96. The second-order valence-corrected chi connectivity index (χ2v) is 5.96. The van der Waals surface area contributed by atoms with Gasteiger partial charge in [0, 0.05) is 32.8 Å². The molecule has 1 fully saturated rings. The molecule has 2 rings (SSSR count). The van der Waals surface area contributed by atoms with E-state index in [2.05, 4.69) is 41.1 Å². The van der Waals surface area contributed by atoms with E-state index < -0.39 is 0 Å². The van der Waals surface area contributed by atoms with Crippen LogP contribution in [0.5, 0.6) is 0 Å². The van der Waals surface area contributed by atoms with Gasteiger partial charge in [0.2, 0.25) is 0 Å². The van der Waals surface area contributed by atoms with E-state index in [-0.39, 0.29) is 0 Å². The Bertz CT molecular complexity index is 401. The van der Waals surface area contributed by atoms with Gasteiger partial charge in [0.1, 0.15) is 0 Å². The molecular formula is C17H29N3O. The molecule has 1 saturated heterocycles. The Morgan fingerprint density at radius 2 is 1.90 bits per heavy atom. The lowest BCUT2D eigenvalue weighted by Gasteiger charge is -2.29. The molecule has 1 aliphatic rings. The standard InChI is InChI=1S/C17H29N3O/c1-19(11-12-20-9-3-4-10-20)17(13-18)16-7-5-15(6-8-16)14-21-2/h5-8,17H,3-4,9-14,18H2,1-2H3. The Morgan fingerprint density at radius 3 is 2.48 bits per heavy atom. The van der Waals surface area contributed by atoms with Crippen molar-refractivity contribution in [1.82, 2.24) is 9.80 Å². The molecule has 0 amide bonds. The predicted octanol–water partition coefficient (Wildman–Crippen LogP) is 1.86. The van der Waals surface area contributed by atoms with Gasteiger partial charge in [-0.25, -0.2) is 0 Å².